The van der Waals surface area contributed by atoms with Gasteiger partial charge in [-0.15, -0.1) is 11.3 Å². The summed E-state index contributed by atoms with van der Waals surface area (Å²) < 4.78 is 28.3. The van der Waals surface area contributed by atoms with Crippen molar-refractivity contribution in [2.24, 2.45) is 5.16 Å². The summed E-state index contributed by atoms with van der Waals surface area (Å²) in [5, 5.41) is 25.0. The van der Waals surface area contributed by atoms with Gasteiger partial charge in [0.15, 0.2) is 11.6 Å². The number of hydrogen-bond acceptors (Lipinski definition) is 6. The molecular weight excluding hydrogens is 434 g/mol. The van der Waals surface area contributed by atoms with Crippen molar-refractivity contribution in [1.29, 1.82) is 0 Å². The molecule has 6 nitrogen and oxygen atoms in total. The van der Waals surface area contributed by atoms with E-state index in [0.717, 1.165) is 23.1 Å². The van der Waals surface area contributed by atoms with Crippen molar-refractivity contribution in [1.82, 2.24) is 0 Å². The molecular formula is C20H14F2N2O4S2. The molecule has 0 aliphatic carbocycles. The predicted octanol–water partition coefficient (Wildman–Crippen LogP) is 5.22. The second-order valence-corrected chi connectivity index (χ2v) is 7.93. The van der Waals surface area contributed by atoms with Gasteiger partial charge in [-0.25, -0.2) is 13.6 Å². The monoisotopic (exact) mass is 448 g/mol. The molecule has 0 aliphatic heterocycles. The summed E-state index contributed by atoms with van der Waals surface area (Å²) >= 11 is 1.71. The fourth-order valence-electron chi connectivity index (χ4n) is 2.58. The Morgan fingerprint density at radius 2 is 1.77 bits per heavy atom. The van der Waals surface area contributed by atoms with Gasteiger partial charge in [0.25, 0.3) is 5.91 Å². The summed E-state index contributed by atoms with van der Waals surface area (Å²) in [4.78, 5) is 24.9. The van der Waals surface area contributed by atoms with E-state index >= 15 is 0 Å². The molecule has 0 unspecified atom stereocenters. The second kappa shape index (κ2) is 9.06. The van der Waals surface area contributed by atoms with Gasteiger partial charge in [0.05, 0.1) is 0 Å². The van der Waals surface area contributed by atoms with E-state index in [1.165, 1.54) is 24.4 Å². The summed E-state index contributed by atoms with van der Waals surface area (Å²) in [5.74, 6) is -4.53. The van der Waals surface area contributed by atoms with E-state index < -0.39 is 29.1 Å². The number of rotatable bonds is 4. The van der Waals surface area contributed by atoms with Crippen LogP contribution in [0.15, 0.2) is 57.9 Å². The topological polar surface area (TPSA) is 99.0 Å². The average Bonchev–Trinajstić information content (AvgIpc) is 3.14. The number of carbonyl (C=O) groups excluding carboxylic acids is 1. The number of thioether (sulfide) groups is 1. The molecule has 2 aromatic carbocycles. The number of carboxylic acid groups (broad SMARTS) is 1. The van der Waals surface area contributed by atoms with E-state index in [9.17, 15) is 28.7 Å². The maximum Gasteiger partial charge on any atom is 0.339 e. The molecule has 3 N–H and O–H groups in total. The van der Waals surface area contributed by atoms with Crippen LogP contribution in [0.5, 0.6) is 0 Å². The van der Waals surface area contributed by atoms with E-state index in [0.29, 0.717) is 4.90 Å². The fourth-order valence-corrected chi connectivity index (χ4v) is 4.23. The Bertz CT molecular complexity index is 1150. The molecule has 3 aromatic rings. The van der Waals surface area contributed by atoms with Gasteiger partial charge < -0.3 is 15.6 Å². The molecule has 0 fully saturated rings. The molecule has 1 amide bonds. The average molecular weight is 448 g/mol. The Balaban J connectivity index is 1.93. The van der Waals surface area contributed by atoms with Crippen molar-refractivity contribution in [2.75, 3.05) is 5.32 Å². The normalized spacial score (nSPS) is 11.4. The highest BCUT2D eigenvalue weighted by atomic mass is 32.2. The lowest BCUT2D eigenvalue weighted by Gasteiger charge is -2.08. The number of aromatic carboxylic acids is 1. The Kier molecular flexibility index (Phi) is 6.48. The number of thiophene rings is 1. The van der Waals surface area contributed by atoms with E-state index in [2.05, 4.69) is 10.5 Å². The van der Waals surface area contributed by atoms with E-state index in [1.807, 2.05) is 0 Å². The Morgan fingerprint density at radius 1 is 1.07 bits per heavy atom. The van der Waals surface area contributed by atoms with Crippen LogP contribution in [-0.2, 0) is 4.79 Å². The minimum absolute atomic E-state index is 0.0719. The van der Waals surface area contributed by atoms with Gasteiger partial charge >= 0.3 is 5.97 Å². The summed E-state index contributed by atoms with van der Waals surface area (Å²) in [6.07, 6.45) is 0. The molecule has 3 rings (SSSR count). The number of oxime groups is 1. The molecule has 1 aromatic heterocycles. The number of carboxylic acids is 1. The molecule has 0 radical (unpaired) electrons. The van der Waals surface area contributed by atoms with Crippen molar-refractivity contribution >= 4 is 45.0 Å². The number of carbonyl (C=O) groups is 2. The first-order valence-electron chi connectivity index (χ1n) is 8.39. The zero-order valence-electron chi connectivity index (χ0n) is 15.3. The second-order valence-electron chi connectivity index (χ2n) is 5.99. The first-order valence-corrected chi connectivity index (χ1v) is 10.1. The highest BCUT2D eigenvalue weighted by Crippen LogP contribution is 2.38. The van der Waals surface area contributed by atoms with Crippen molar-refractivity contribution < 1.29 is 28.7 Å². The van der Waals surface area contributed by atoms with Crippen LogP contribution in [0.1, 0.15) is 15.9 Å². The summed E-state index contributed by atoms with van der Waals surface area (Å²) in [5.41, 5.74) is -0.615. The predicted molar refractivity (Wildman–Crippen MR) is 112 cm³/mol. The maximum atomic E-state index is 14.4. The number of halogens is 2. The SMILES string of the molecule is Cc1ccc(-c2csc(NC(=O)/C(=N\O)Sc3ccccc3)c2C(=O)O)c(F)c1F. The zero-order chi connectivity index (χ0) is 21.8. The van der Waals surface area contributed by atoms with Crippen LogP contribution < -0.4 is 5.32 Å². The number of hydrogen-bond donors (Lipinski definition) is 3. The van der Waals surface area contributed by atoms with Gasteiger partial charge in [-0.05, 0) is 24.6 Å². The largest absolute Gasteiger partial charge is 0.478 e. The fraction of sp³-hybridized carbons (Fsp3) is 0.0500. The number of nitrogens with one attached hydrogen (secondary N) is 1. The van der Waals surface area contributed by atoms with Crippen LogP contribution in [0.2, 0.25) is 0 Å². The molecule has 0 bridgehead atoms. The van der Waals surface area contributed by atoms with Gasteiger partial charge in [0.2, 0.25) is 5.04 Å². The van der Waals surface area contributed by atoms with Crippen LogP contribution in [0, 0.1) is 18.6 Å². The number of nitrogens with zero attached hydrogens (tertiary/aromatic N) is 1. The highest BCUT2D eigenvalue weighted by molar-refractivity contribution is 8.15. The lowest BCUT2D eigenvalue weighted by Crippen LogP contribution is -2.21. The van der Waals surface area contributed by atoms with Gasteiger partial charge in [-0.1, -0.05) is 47.2 Å². The maximum absolute atomic E-state index is 14.4. The quantitative estimate of drug-likeness (QED) is 0.167. The smallest absolute Gasteiger partial charge is 0.339 e. The summed E-state index contributed by atoms with van der Waals surface area (Å²) in [6, 6.07) is 11.3. The number of aryl methyl sites for hydroxylation is 1. The Hall–Kier alpha value is -3.24. The minimum Gasteiger partial charge on any atom is -0.478 e. The third-order valence-electron chi connectivity index (χ3n) is 4.04. The Labute approximate surface area is 177 Å². The minimum atomic E-state index is -1.43. The molecule has 0 atom stereocenters. The molecule has 0 aliphatic rings. The van der Waals surface area contributed by atoms with Gasteiger partial charge in [0, 0.05) is 21.4 Å². The first kappa shape index (κ1) is 21.5. The van der Waals surface area contributed by atoms with Crippen LogP contribution in [0.25, 0.3) is 11.1 Å². The highest BCUT2D eigenvalue weighted by Gasteiger charge is 2.25. The van der Waals surface area contributed by atoms with E-state index in [1.54, 1.807) is 30.3 Å². The summed E-state index contributed by atoms with van der Waals surface area (Å²) in [6.45, 7) is 1.39. The van der Waals surface area contributed by atoms with Crippen molar-refractivity contribution in [3.63, 3.8) is 0 Å². The molecule has 154 valence electrons. The van der Waals surface area contributed by atoms with E-state index in [-0.39, 0.29) is 26.7 Å². The van der Waals surface area contributed by atoms with Gasteiger partial charge in [0.1, 0.15) is 10.6 Å². The van der Waals surface area contributed by atoms with E-state index in [4.69, 9.17) is 0 Å². The van der Waals surface area contributed by atoms with Crippen LogP contribution in [0.4, 0.5) is 13.8 Å². The lowest BCUT2D eigenvalue weighted by molar-refractivity contribution is -0.110. The molecule has 1 heterocycles. The lowest BCUT2D eigenvalue weighted by atomic mass is 10.0. The van der Waals surface area contributed by atoms with Gasteiger partial charge in [-0.2, -0.15) is 0 Å². The third-order valence-corrected chi connectivity index (χ3v) is 5.90. The molecule has 10 heteroatoms. The first-order chi connectivity index (χ1) is 14.3. The molecule has 0 spiro atoms. The van der Waals surface area contributed by atoms with Crippen LogP contribution in [-0.4, -0.2) is 27.2 Å². The third kappa shape index (κ3) is 4.34. The Morgan fingerprint density at radius 3 is 2.40 bits per heavy atom. The molecule has 30 heavy (non-hydrogen) atoms. The molecule has 0 saturated heterocycles. The standard InChI is InChI=1S/C20H14F2N2O4S2/c1-10-7-8-12(16(22)15(10)21)13-9-29-18(14(13)20(26)27)23-17(25)19(24-28)30-11-5-3-2-4-6-11/h2-9,28H,1H3,(H,23,25)(H,26,27)/b24-19+. The van der Waals surface area contributed by atoms with Crippen LogP contribution >= 0.6 is 23.1 Å². The van der Waals surface area contributed by atoms with Crippen LogP contribution in [0.3, 0.4) is 0 Å². The number of anilines is 1. The number of benzene rings is 2. The van der Waals surface area contributed by atoms with Gasteiger partial charge in [-0.3, -0.25) is 4.79 Å². The summed E-state index contributed by atoms with van der Waals surface area (Å²) in [7, 11) is 0. The number of amides is 1. The zero-order valence-corrected chi connectivity index (χ0v) is 17.0. The van der Waals surface area contributed by atoms with Crippen molar-refractivity contribution in [3.05, 3.63) is 70.6 Å². The van der Waals surface area contributed by atoms with Crippen molar-refractivity contribution in [3.8, 4) is 11.1 Å². The van der Waals surface area contributed by atoms with Crippen molar-refractivity contribution in [2.45, 2.75) is 11.8 Å². The molecule has 0 saturated carbocycles.